The maximum absolute atomic E-state index is 9.99. The number of rotatable bonds is 4. The molecule has 1 unspecified atom stereocenters. The van der Waals surface area contributed by atoms with Crippen molar-refractivity contribution >= 4 is 0 Å². The molecule has 1 aliphatic heterocycles. The van der Waals surface area contributed by atoms with E-state index in [0.29, 0.717) is 5.92 Å². The fourth-order valence-corrected chi connectivity index (χ4v) is 1.84. The molecule has 0 aromatic heterocycles. The molecule has 0 aromatic rings. The third-order valence-corrected chi connectivity index (χ3v) is 2.84. The average Bonchev–Trinajstić information content (AvgIpc) is 2.21. The predicted molar refractivity (Wildman–Crippen MR) is 53.3 cm³/mol. The van der Waals surface area contributed by atoms with Crippen LogP contribution in [0.1, 0.15) is 39.5 Å². The number of ether oxygens (including phenoxy) is 1. The van der Waals surface area contributed by atoms with Gasteiger partial charge in [0, 0.05) is 0 Å². The van der Waals surface area contributed by atoms with E-state index in [2.05, 4.69) is 13.8 Å². The largest absolute Gasteiger partial charge is 0.501 e. The van der Waals surface area contributed by atoms with Crippen LogP contribution in [0.25, 0.3) is 0 Å². The van der Waals surface area contributed by atoms with Crippen molar-refractivity contribution in [3.8, 4) is 0 Å². The molecule has 0 spiro atoms. The SMILES string of the molecule is CCC(CC)C(O)C1=COCCC1. The fraction of sp³-hybridized carbons (Fsp3) is 0.818. The Labute approximate surface area is 80.6 Å². The van der Waals surface area contributed by atoms with Gasteiger partial charge in [-0.25, -0.2) is 0 Å². The zero-order valence-corrected chi connectivity index (χ0v) is 8.62. The molecule has 0 bridgehead atoms. The smallest absolute Gasteiger partial charge is 0.0876 e. The molecule has 13 heavy (non-hydrogen) atoms. The van der Waals surface area contributed by atoms with E-state index in [4.69, 9.17) is 4.74 Å². The lowest BCUT2D eigenvalue weighted by Gasteiger charge is -2.24. The third-order valence-electron chi connectivity index (χ3n) is 2.84. The Balaban J connectivity index is 2.53. The summed E-state index contributed by atoms with van der Waals surface area (Å²) < 4.78 is 5.22. The number of hydrogen-bond donors (Lipinski definition) is 1. The van der Waals surface area contributed by atoms with Gasteiger partial charge in [-0.2, -0.15) is 0 Å². The molecule has 0 fully saturated rings. The first kappa shape index (κ1) is 10.6. The molecule has 1 rings (SSSR count). The molecule has 1 heterocycles. The summed E-state index contributed by atoms with van der Waals surface area (Å²) in [4.78, 5) is 0. The fourth-order valence-electron chi connectivity index (χ4n) is 1.84. The second-order valence-corrected chi connectivity index (χ2v) is 3.69. The van der Waals surface area contributed by atoms with Crippen molar-refractivity contribution in [1.29, 1.82) is 0 Å². The van der Waals surface area contributed by atoms with Crippen molar-refractivity contribution in [2.75, 3.05) is 6.61 Å². The Morgan fingerprint density at radius 3 is 2.62 bits per heavy atom. The molecule has 1 N–H and O–H groups in total. The van der Waals surface area contributed by atoms with E-state index in [1.165, 1.54) is 0 Å². The van der Waals surface area contributed by atoms with Crippen molar-refractivity contribution in [3.63, 3.8) is 0 Å². The van der Waals surface area contributed by atoms with Crippen molar-refractivity contribution in [3.05, 3.63) is 11.8 Å². The molecule has 0 saturated heterocycles. The number of hydrogen-bond acceptors (Lipinski definition) is 2. The van der Waals surface area contributed by atoms with Gasteiger partial charge in [0.15, 0.2) is 0 Å². The Kier molecular flexibility index (Phi) is 4.29. The minimum Gasteiger partial charge on any atom is -0.501 e. The molecule has 2 heteroatoms. The summed E-state index contributed by atoms with van der Waals surface area (Å²) >= 11 is 0. The zero-order valence-electron chi connectivity index (χ0n) is 8.62. The Bertz CT molecular complexity index is 171. The highest BCUT2D eigenvalue weighted by atomic mass is 16.5. The molecule has 1 atom stereocenters. The van der Waals surface area contributed by atoms with Crippen LogP contribution < -0.4 is 0 Å². The summed E-state index contributed by atoms with van der Waals surface area (Å²) in [5.74, 6) is 0.396. The lowest BCUT2D eigenvalue weighted by Crippen LogP contribution is -2.23. The predicted octanol–water partition coefficient (Wildman–Crippen LogP) is 2.48. The monoisotopic (exact) mass is 184 g/mol. The molecule has 0 aliphatic carbocycles. The van der Waals surface area contributed by atoms with Crippen LogP contribution in [0.5, 0.6) is 0 Å². The standard InChI is InChI=1S/C11H20O2/c1-3-9(4-2)11(12)10-6-5-7-13-8-10/h8-9,11-12H,3-7H2,1-2H3. The lowest BCUT2D eigenvalue weighted by molar-refractivity contribution is 0.115. The molecule has 0 saturated carbocycles. The van der Waals surface area contributed by atoms with Crippen LogP contribution in [0.3, 0.4) is 0 Å². The molecular weight excluding hydrogens is 164 g/mol. The van der Waals surface area contributed by atoms with Gasteiger partial charge >= 0.3 is 0 Å². The van der Waals surface area contributed by atoms with Gasteiger partial charge in [-0.3, -0.25) is 0 Å². The van der Waals surface area contributed by atoms with Gasteiger partial charge in [0.1, 0.15) is 0 Å². The first-order chi connectivity index (χ1) is 6.29. The van der Waals surface area contributed by atoms with E-state index in [1.807, 2.05) is 0 Å². The number of aliphatic hydroxyl groups is 1. The van der Waals surface area contributed by atoms with Crippen molar-refractivity contribution in [1.82, 2.24) is 0 Å². The summed E-state index contributed by atoms with van der Waals surface area (Å²) in [5, 5.41) is 9.99. The van der Waals surface area contributed by atoms with Crippen LogP contribution in [0.15, 0.2) is 11.8 Å². The van der Waals surface area contributed by atoms with Crippen molar-refractivity contribution in [2.45, 2.75) is 45.6 Å². The van der Waals surface area contributed by atoms with Crippen LogP contribution in [-0.4, -0.2) is 17.8 Å². The minimum absolute atomic E-state index is 0.282. The maximum atomic E-state index is 9.99. The summed E-state index contributed by atoms with van der Waals surface area (Å²) in [6.45, 7) is 5.06. The highest BCUT2D eigenvalue weighted by molar-refractivity contribution is 5.08. The van der Waals surface area contributed by atoms with Crippen LogP contribution in [0, 0.1) is 5.92 Å². The molecule has 2 nitrogen and oxygen atoms in total. The maximum Gasteiger partial charge on any atom is 0.0876 e. The van der Waals surface area contributed by atoms with Gasteiger partial charge in [-0.15, -0.1) is 0 Å². The summed E-state index contributed by atoms with van der Waals surface area (Å²) in [7, 11) is 0. The quantitative estimate of drug-likeness (QED) is 0.727. The molecular formula is C11H20O2. The van der Waals surface area contributed by atoms with Crippen LogP contribution in [0.2, 0.25) is 0 Å². The normalized spacial score (nSPS) is 19.5. The van der Waals surface area contributed by atoms with E-state index >= 15 is 0 Å². The summed E-state index contributed by atoms with van der Waals surface area (Å²) in [5.41, 5.74) is 1.08. The second kappa shape index (κ2) is 5.28. The van der Waals surface area contributed by atoms with Crippen LogP contribution >= 0.6 is 0 Å². The van der Waals surface area contributed by atoms with Gasteiger partial charge in [-0.1, -0.05) is 26.7 Å². The Morgan fingerprint density at radius 2 is 2.15 bits per heavy atom. The van der Waals surface area contributed by atoms with Crippen LogP contribution in [0.4, 0.5) is 0 Å². The molecule has 1 aliphatic rings. The highest BCUT2D eigenvalue weighted by Crippen LogP contribution is 2.24. The van der Waals surface area contributed by atoms with Crippen LogP contribution in [-0.2, 0) is 4.74 Å². The van der Waals surface area contributed by atoms with Crippen molar-refractivity contribution in [2.24, 2.45) is 5.92 Å². The van der Waals surface area contributed by atoms with Crippen molar-refractivity contribution < 1.29 is 9.84 Å². The molecule has 0 radical (unpaired) electrons. The van der Waals surface area contributed by atoms with Gasteiger partial charge in [-0.05, 0) is 24.3 Å². The average molecular weight is 184 g/mol. The van der Waals surface area contributed by atoms with Gasteiger partial charge in [0.05, 0.1) is 19.0 Å². The second-order valence-electron chi connectivity index (χ2n) is 3.69. The topological polar surface area (TPSA) is 29.5 Å². The van der Waals surface area contributed by atoms with E-state index in [9.17, 15) is 5.11 Å². The summed E-state index contributed by atoms with van der Waals surface area (Å²) in [6, 6.07) is 0. The molecule has 0 aromatic carbocycles. The van der Waals surface area contributed by atoms with E-state index in [0.717, 1.165) is 37.9 Å². The number of aliphatic hydroxyl groups excluding tert-OH is 1. The first-order valence-corrected chi connectivity index (χ1v) is 5.28. The first-order valence-electron chi connectivity index (χ1n) is 5.28. The van der Waals surface area contributed by atoms with E-state index in [1.54, 1.807) is 6.26 Å². The third kappa shape index (κ3) is 2.73. The minimum atomic E-state index is -0.282. The lowest BCUT2D eigenvalue weighted by atomic mass is 9.89. The summed E-state index contributed by atoms with van der Waals surface area (Å²) in [6.07, 6.45) is 5.59. The van der Waals surface area contributed by atoms with Gasteiger partial charge < -0.3 is 9.84 Å². The van der Waals surface area contributed by atoms with Gasteiger partial charge in [0.25, 0.3) is 0 Å². The zero-order chi connectivity index (χ0) is 9.68. The van der Waals surface area contributed by atoms with E-state index in [-0.39, 0.29) is 6.10 Å². The van der Waals surface area contributed by atoms with Gasteiger partial charge in [0.2, 0.25) is 0 Å². The van der Waals surface area contributed by atoms with E-state index < -0.39 is 0 Å². The Morgan fingerprint density at radius 1 is 1.46 bits per heavy atom. The Hall–Kier alpha value is -0.500. The molecule has 0 amide bonds. The molecule has 76 valence electrons. The highest BCUT2D eigenvalue weighted by Gasteiger charge is 2.21.